The van der Waals surface area contributed by atoms with Crippen LogP contribution in [0.5, 0.6) is 0 Å². The first-order chi connectivity index (χ1) is 11.2. The van der Waals surface area contributed by atoms with E-state index in [1.165, 1.54) is 12.8 Å². The number of aromatic nitrogens is 2. The number of halogens is 1. The first kappa shape index (κ1) is 14.6. The summed E-state index contributed by atoms with van der Waals surface area (Å²) in [5.74, 6) is 1.04. The van der Waals surface area contributed by atoms with Gasteiger partial charge in [-0.3, -0.25) is 4.79 Å². The predicted octanol–water partition coefficient (Wildman–Crippen LogP) is 3.64. The molecule has 5 heteroatoms. The smallest absolute Gasteiger partial charge is 0.225 e. The average molecular weight is 328 g/mol. The monoisotopic (exact) mass is 327 g/mol. The number of carbonyl (C=O) groups excluding carboxylic acids is 1. The molecule has 0 spiro atoms. The topological polar surface area (TPSA) is 46.1 Å². The summed E-state index contributed by atoms with van der Waals surface area (Å²) in [7, 11) is 0. The number of carbonyl (C=O) groups is 1. The highest BCUT2D eigenvalue weighted by atomic mass is 35.5. The standard InChI is InChI=1S/C18H18ClN3O/c19-14-5-3-4-12(8-14)13-9-16-15(17(23)10-13)11-20-18(21-16)22-6-1-2-7-22/h3-5,8,11,13H,1-2,6-7,9-10H2/t13-/m0/s1. The lowest BCUT2D eigenvalue weighted by atomic mass is 9.82. The molecular weight excluding hydrogens is 310 g/mol. The molecule has 0 radical (unpaired) electrons. The minimum Gasteiger partial charge on any atom is -0.341 e. The number of hydrogen-bond acceptors (Lipinski definition) is 4. The maximum atomic E-state index is 12.5. The number of Topliss-reactive ketones (excluding diaryl/α,β-unsaturated/α-hetero) is 1. The molecule has 1 atom stereocenters. The van der Waals surface area contributed by atoms with Gasteiger partial charge in [0.2, 0.25) is 5.95 Å². The van der Waals surface area contributed by atoms with Crippen molar-refractivity contribution in [1.82, 2.24) is 9.97 Å². The van der Waals surface area contributed by atoms with Crippen LogP contribution in [0.2, 0.25) is 5.02 Å². The van der Waals surface area contributed by atoms with Gasteiger partial charge in [-0.2, -0.15) is 0 Å². The van der Waals surface area contributed by atoms with Crippen molar-refractivity contribution in [2.75, 3.05) is 18.0 Å². The van der Waals surface area contributed by atoms with Gasteiger partial charge in [0.05, 0.1) is 11.3 Å². The molecule has 4 rings (SSSR count). The third kappa shape index (κ3) is 2.83. The highest BCUT2D eigenvalue weighted by Crippen LogP contribution is 2.33. The molecule has 4 nitrogen and oxygen atoms in total. The van der Waals surface area contributed by atoms with E-state index in [2.05, 4.69) is 9.88 Å². The van der Waals surface area contributed by atoms with Crippen molar-refractivity contribution in [3.8, 4) is 0 Å². The zero-order valence-corrected chi connectivity index (χ0v) is 13.6. The van der Waals surface area contributed by atoms with Gasteiger partial charge < -0.3 is 4.90 Å². The Balaban J connectivity index is 1.66. The van der Waals surface area contributed by atoms with Crippen LogP contribution in [0.4, 0.5) is 5.95 Å². The Kier molecular flexibility index (Phi) is 3.77. The molecule has 118 valence electrons. The van der Waals surface area contributed by atoms with Crippen molar-refractivity contribution < 1.29 is 4.79 Å². The lowest BCUT2D eigenvalue weighted by molar-refractivity contribution is 0.0962. The summed E-state index contributed by atoms with van der Waals surface area (Å²) in [6, 6.07) is 7.79. The lowest BCUT2D eigenvalue weighted by Gasteiger charge is -2.24. The Hall–Kier alpha value is -1.94. The van der Waals surface area contributed by atoms with Crippen molar-refractivity contribution in [3.05, 3.63) is 52.3 Å². The fraction of sp³-hybridized carbons (Fsp3) is 0.389. The summed E-state index contributed by atoms with van der Waals surface area (Å²) in [5, 5.41) is 0.709. The van der Waals surface area contributed by atoms with E-state index in [1.807, 2.05) is 24.3 Å². The summed E-state index contributed by atoms with van der Waals surface area (Å²) in [5.41, 5.74) is 2.67. The second kappa shape index (κ2) is 5.93. The van der Waals surface area contributed by atoms with E-state index < -0.39 is 0 Å². The maximum Gasteiger partial charge on any atom is 0.225 e. The van der Waals surface area contributed by atoms with Crippen LogP contribution < -0.4 is 4.90 Å². The number of hydrogen-bond donors (Lipinski definition) is 0. The molecule has 0 N–H and O–H groups in total. The molecule has 1 aliphatic carbocycles. The van der Waals surface area contributed by atoms with E-state index in [4.69, 9.17) is 16.6 Å². The van der Waals surface area contributed by atoms with Gasteiger partial charge in [-0.15, -0.1) is 0 Å². The zero-order valence-electron chi connectivity index (χ0n) is 12.8. The number of ketones is 1. The van der Waals surface area contributed by atoms with Crippen LogP contribution in [0.3, 0.4) is 0 Å². The minimum absolute atomic E-state index is 0.129. The Morgan fingerprint density at radius 3 is 2.78 bits per heavy atom. The van der Waals surface area contributed by atoms with Crippen LogP contribution in [-0.4, -0.2) is 28.8 Å². The molecule has 2 aromatic rings. The van der Waals surface area contributed by atoms with Crippen LogP contribution in [0.25, 0.3) is 0 Å². The molecule has 1 aromatic carbocycles. The Morgan fingerprint density at radius 1 is 1.17 bits per heavy atom. The SMILES string of the molecule is O=C1C[C@@H](c2cccc(Cl)c2)Cc2nc(N3CCCC3)ncc21. The van der Waals surface area contributed by atoms with Crippen molar-refractivity contribution in [2.45, 2.75) is 31.6 Å². The van der Waals surface area contributed by atoms with Crippen molar-refractivity contribution in [3.63, 3.8) is 0 Å². The fourth-order valence-electron chi connectivity index (χ4n) is 3.50. The predicted molar refractivity (Wildman–Crippen MR) is 90.3 cm³/mol. The van der Waals surface area contributed by atoms with Crippen LogP contribution in [0, 0.1) is 0 Å². The molecule has 1 aromatic heterocycles. The van der Waals surface area contributed by atoms with Gasteiger partial charge in [0, 0.05) is 30.7 Å². The number of fused-ring (bicyclic) bond motifs is 1. The molecule has 0 amide bonds. The van der Waals surface area contributed by atoms with E-state index in [9.17, 15) is 4.79 Å². The van der Waals surface area contributed by atoms with E-state index in [-0.39, 0.29) is 11.7 Å². The summed E-state index contributed by atoms with van der Waals surface area (Å²) >= 11 is 6.09. The highest BCUT2D eigenvalue weighted by Gasteiger charge is 2.29. The Labute approximate surface area is 140 Å². The molecule has 0 saturated carbocycles. The zero-order chi connectivity index (χ0) is 15.8. The van der Waals surface area contributed by atoms with Crippen LogP contribution in [0.15, 0.2) is 30.5 Å². The van der Waals surface area contributed by atoms with Gasteiger partial charge in [-0.05, 0) is 42.9 Å². The Morgan fingerprint density at radius 2 is 2.00 bits per heavy atom. The largest absolute Gasteiger partial charge is 0.341 e. The molecular formula is C18H18ClN3O. The minimum atomic E-state index is 0.129. The first-order valence-corrected chi connectivity index (χ1v) is 8.48. The Bertz CT molecular complexity index is 756. The lowest BCUT2D eigenvalue weighted by Crippen LogP contribution is -2.25. The van der Waals surface area contributed by atoms with Gasteiger partial charge >= 0.3 is 0 Å². The second-order valence-corrected chi connectivity index (χ2v) is 6.74. The van der Waals surface area contributed by atoms with Gasteiger partial charge in [0.15, 0.2) is 5.78 Å². The molecule has 1 saturated heterocycles. The summed E-state index contributed by atoms with van der Waals surface area (Å²) in [6.45, 7) is 2.01. The molecule has 23 heavy (non-hydrogen) atoms. The van der Waals surface area contributed by atoms with Gasteiger partial charge in [-0.1, -0.05) is 23.7 Å². The molecule has 2 heterocycles. The number of benzene rings is 1. The molecule has 0 bridgehead atoms. The first-order valence-electron chi connectivity index (χ1n) is 8.10. The van der Waals surface area contributed by atoms with Crippen LogP contribution in [0.1, 0.15) is 46.8 Å². The van der Waals surface area contributed by atoms with Gasteiger partial charge in [0.1, 0.15) is 0 Å². The van der Waals surface area contributed by atoms with E-state index in [0.29, 0.717) is 17.0 Å². The second-order valence-electron chi connectivity index (χ2n) is 6.31. The molecule has 2 aliphatic rings. The van der Waals surface area contributed by atoms with Crippen molar-refractivity contribution >= 4 is 23.3 Å². The van der Waals surface area contributed by atoms with Gasteiger partial charge in [-0.25, -0.2) is 9.97 Å². The summed E-state index contributed by atoms with van der Waals surface area (Å²) in [6.07, 6.45) is 5.35. The molecule has 0 unspecified atom stereocenters. The summed E-state index contributed by atoms with van der Waals surface area (Å²) in [4.78, 5) is 23.8. The van der Waals surface area contributed by atoms with E-state index in [0.717, 1.165) is 36.7 Å². The number of rotatable bonds is 2. The van der Waals surface area contributed by atoms with Crippen molar-refractivity contribution in [2.24, 2.45) is 0 Å². The third-order valence-corrected chi connectivity index (χ3v) is 4.97. The number of nitrogens with zero attached hydrogens (tertiary/aromatic N) is 3. The van der Waals surface area contributed by atoms with Crippen LogP contribution in [-0.2, 0) is 6.42 Å². The van der Waals surface area contributed by atoms with Gasteiger partial charge in [0.25, 0.3) is 0 Å². The fourth-order valence-corrected chi connectivity index (χ4v) is 3.70. The van der Waals surface area contributed by atoms with Crippen LogP contribution >= 0.6 is 11.6 Å². The number of anilines is 1. The molecule has 1 fully saturated rings. The third-order valence-electron chi connectivity index (χ3n) is 4.74. The quantitative estimate of drug-likeness (QED) is 0.844. The maximum absolute atomic E-state index is 12.5. The average Bonchev–Trinajstić information content (AvgIpc) is 3.09. The molecule has 1 aliphatic heterocycles. The highest BCUT2D eigenvalue weighted by molar-refractivity contribution is 6.30. The van der Waals surface area contributed by atoms with E-state index in [1.54, 1.807) is 6.20 Å². The normalized spacial score (nSPS) is 20.7. The van der Waals surface area contributed by atoms with Crippen molar-refractivity contribution in [1.29, 1.82) is 0 Å². The van der Waals surface area contributed by atoms with E-state index >= 15 is 0 Å². The summed E-state index contributed by atoms with van der Waals surface area (Å²) < 4.78 is 0.